The zero-order chi connectivity index (χ0) is 17.1. The van der Waals surface area contributed by atoms with Gasteiger partial charge in [0.05, 0.1) is 5.69 Å². The van der Waals surface area contributed by atoms with Crippen LogP contribution < -0.4 is 5.32 Å². The molecule has 1 aromatic carbocycles. The number of hydrogen-bond donors (Lipinski definition) is 1. The van der Waals surface area contributed by atoms with E-state index in [1.165, 1.54) is 28.3 Å². The maximum Gasteiger partial charge on any atom is 0.288 e. The number of carbonyl (C=O) groups is 1. The van der Waals surface area contributed by atoms with E-state index in [-0.39, 0.29) is 5.91 Å². The van der Waals surface area contributed by atoms with E-state index in [0.29, 0.717) is 27.4 Å². The van der Waals surface area contributed by atoms with Crippen molar-refractivity contribution in [3.8, 4) is 0 Å². The number of aromatic nitrogens is 1. The summed E-state index contributed by atoms with van der Waals surface area (Å²) in [4.78, 5) is 20.7. The molecule has 0 unspecified atom stereocenters. The summed E-state index contributed by atoms with van der Waals surface area (Å²) in [5, 5.41) is 3.40. The molecule has 1 aliphatic rings. The van der Waals surface area contributed by atoms with Crippen LogP contribution in [0.3, 0.4) is 0 Å². The van der Waals surface area contributed by atoms with Crippen LogP contribution in [0.25, 0.3) is 0 Å². The van der Waals surface area contributed by atoms with Crippen LogP contribution >= 0.6 is 23.1 Å². The summed E-state index contributed by atoms with van der Waals surface area (Å²) in [7, 11) is 0. The Kier molecular flexibility index (Phi) is 5.47. The first-order valence-electron chi connectivity index (χ1n) is 7.62. The Morgan fingerprint density at radius 2 is 2.17 bits per heavy atom. The number of amides is 1. The van der Waals surface area contributed by atoms with Crippen molar-refractivity contribution >= 4 is 34.1 Å². The third kappa shape index (κ3) is 4.12. The molecule has 4 nitrogen and oxygen atoms in total. The number of likely N-dealkylation sites (N-methyl/N-ethyl adjacent to an activating group) is 1. The first kappa shape index (κ1) is 17.3. The molecule has 3 rings (SSSR count). The summed E-state index contributed by atoms with van der Waals surface area (Å²) < 4.78 is 24.6. The van der Waals surface area contributed by atoms with Crippen LogP contribution in [0.4, 0.5) is 13.9 Å². The number of nitrogens with zero attached hydrogens (tertiary/aromatic N) is 2. The molecule has 2 aromatic rings. The van der Waals surface area contributed by atoms with Gasteiger partial charge >= 0.3 is 0 Å². The molecule has 0 saturated heterocycles. The highest BCUT2D eigenvalue weighted by atomic mass is 32.2. The summed E-state index contributed by atoms with van der Waals surface area (Å²) in [6.07, 6.45) is 0.898. The molecule has 0 spiro atoms. The fourth-order valence-corrected chi connectivity index (χ4v) is 4.07. The van der Waals surface area contributed by atoms with Gasteiger partial charge in [0.1, 0.15) is 0 Å². The number of carbonyl (C=O) groups excluding carboxylic acids is 1. The van der Waals surface area contributed by atoms with Gasteiger partial charge in [0.15, 0.2) is 5.13 Å². The summed E-state index contributed by atoms with van der Waals surface area (Å²) >= 11 is 1.96. The van der Waals surface area contributed by atoms with Gasteiger partial charge in [0, 0.05) is 34.8 Å². The number of halogens is 2. The van der Waals surface area contributed by atoms with Crippen LogP contribution in [0.5, 0.6) is 0 Å². The first-order chi connectivity index (χ1) is 11.5. The van der Waals surface area contributed by atoms with Gasteiger partial charge in [-0.25, -0.2) is 4.98 Å². The highest BCUT2D eigenvalue weighted by molar-refractivity contribution is 7.99. The molecule has 1 aliphatic heterocycles. The molecule has 0 atom stereocenters. The van der Waals surface area contributed by atoms with Crippen molar-refractivity contribution in [3.63, 3.8) is 0 Å². The van der Waals surface area contributed by atoms with E-state index in [9.17, 15) is 13.6 Å². The lowest BCUT2D eigenvalue weighted by Gasteiger charge is -2.23. The average Bonchev–Trinajstić information content (AvgIpc) is 2.96. The highest BCUT2D eigenvalue weighted by Crippen LogP contribution is 2.29. The molecular weight excluding hydrogens is 352 g/mol. The van der Waals surface area contributed by atoms with Crippen molar-refractivity contribution in [3.05, 3.63) is 40.4 Å². The third-order valence-electron chi connectivity index (χ3n) is 3.82. The van der Waals surface area contributed by atoms with Crippen LogP contribution in [0.15, 0.2) is 29.2 Å². The van der Waals surface area contributed by atoms with Crippen LogP contribution in [-0.4, -0.2) is 34.6 Å². The van der Waals surface area contributed by atoms with Gasteiger partial charge in [-0.2, -0.15) is 8.78 Å². The van der Waals surface area contributed by atoms with E-state index in [4.69, 9.17) is 0 Å². The molecule has 0 bridgehead atoms. The number of rotatable bonds is 5. The van der Waals surface area contributed by atoms with Gasteiger partial charge in [-0.1, -0.05) is 18.7 Å². The predicted molar refractivity (Wildman–Crippen MR) is 93.0 cm³/mol. The fourth-order valence-electron chi connectivity index (χ4n) is 2.53. The average molecular weight is 369 g/mol. The predicted octanol–water partition coefficient (Wildman–Crippen LogP) is 4.09. The maximum atomic E-state index is 12.3. The monoisotopic (exact) mass is 369 g/mol. The zero-order valence-corrected chi connectivity index (χ0v) is 14.7. The summed E-state index contributed by atoms with van der Waals surface area (Å²) in [6, 6.07) is 6.15. The Morgan fingerprint density at radius 3 is 2.83 bits per heavy atom. The maximum absolute atomic E-state index is 12.3. The molecule has 1 amide bonds. The summed E-state index contributed by atoms with van der Waals surface area (Å²) in [6.45, 7) is 5.00. The topological polar surface area (TPSA) is 45.2 Å². The van der Waals surface area contributed by atoms with E-state index < -0.39 is 5.76 Å². The molecule has 1 N–H and O–H groups in total. The lowest BCUT2D eigenvalue weighted by atomic mass is 10.2. The first-order valence-corrected chi connectivity index (χ1v) is 9.32. The van der Waals surface area contributed by atoms with Crippen LogP contribution in [0.1, 0.15) is 27.9 Å². The molecule has 128 valence electrons. The molecule has 0 fully saturated rings. The number of thiazole rings is 1. The van der Waals surface area contributed by atoms with Crippen molar-refractivity contribution in [2.75, 3.05) is 18.4 Å². The highest BCUT2D eigenvalue weighted by Gasteiger charge is 2.20. The van der Waals surface area contributed by atoms with Crippen LogP contribution in [-0.2, 0) is 13.0 Å². The summed E-state index contributed by atoms with van der Waals surface area (Å²) in [5.74, 6) is -2.74. The molecule has 8 heteroatoms. The van der Waals surface area contributed by atoms with Crippen molar-refractivity contribution in [2.45, 2.75) is 30.5 Å². The molecule has 2 heterocycles. The second-order valence-electron chi connectivity index (χ2n) is 5.36. The smallest absolute Gasteiger partial charge is 0.288 e. The zero-order valence-electron chi connectivity index (χ0n) is 13.1. The van der Waals surface area contributed by atoms with Crippen LogP contribution in [0, 0.1) is 0 Å². The van der Waals surface area contributed by atoms with Gasteiger partial charge in [-0.05, 0) is 30.8 Å². The molecule has 0 aliphatic carbocycles. The minimum atomic E-state index is -2.46. The Morgan fingerprint density at radius 1 is 1.42 bits per heavy atom. The molecular formula is C16H17F2N3OS2. The van der Waals surface area contributed by atoms with Crippen LogP contribution in [0.2, 0.25) is 0 Å². The van der Waals surface area contributed by atoms with E-state index in [1.807, 2.05) is 0 Å². The molecule has 0 saturated carbocycles. The number of nitrogens with one attached hydrogen (secondary N) is 1. The number of hydrogen-bond acceptors (Lipinski definition) is 5. The minimum absolute atomic E-state index is 0.276. The Balaban J connectivity index is 1.66. The SMILES string of the molecule is CCN1CCc2nc(NC(=O)c3ccc(SC(F)F)cc3)sc2C1. The second-order valence-corrected chi connectivity index (χ2v) is 7.51. The fraction of sp³-hybridized carbons (Fsp3) is 0.375. The summed E-state index contributed by atoms with van der Waals surface area (Å²) in [5.41, 5.74) is 1.49. The van der Waals surface area contributed by atoms with E-state index in [2.05, 4.69) is 22.1 Å². The number of benzene rings is 1. The third-order valence-corrected chi connectivity index (χ3v) is 5.54. The van der Waals surface area contributed by atoms with E-state index in [0.717, 1.165) is 31.7 Å². The normalized spacial score (nSPS) is 14.7. The Bertz CT molecular complexity index is 719. The lowest BCUT2D eigenvalue weighted by molar-refractivity contribution is 0.102. The van der Waals surface area contributed by atoms with Crippen molar-refractivity contribution in [1.82, 2.24) is 9.88 Å². The Hall–Kier alpha value is -1.51. The largest absolute Gasteiger partial charge is 0.298 e. The van der Waals surface area contributed by atoms with Gasteiger partial charge in [0.2, 0.25) is 0 Å². The molecule has 0 radical (unpaired) electrons. The molecule has 1 aromatic heterocycles. The van der Waals surface area contributed by atoms with Crippen molar-refractivity contribution < 1.29 is 13.6 Å². The number of thioether (sulfide) groups is 1. The lowest BCUT2D eigenvalue weighted by Crippen LogP contribution is -2.29. The van der Waals surface area contributed by atoms with Crippen molar-refractivity contribution in [2.24, 2.45) is 0 Å². The van der Waals surface area contributed by atoms with Gasteiger partial charge < -0.3 is 0 Å². The van der Waals surface area contributed by atoms with Gasteiger partial charge in [0.25, 0.3) is 11.7 Å². The quantitative estimate of drug-likeness (QED) is 0.807. The minimum Gasteiger partial charge on any atom is -0.298 e. The van der Waals surface area contributed by atoms with E-state index >= 15 is 0 Å². The Labute approximate surface area is 147 Å². The van der Waals surface area contributed by atoms with Gasteiger partial charge in [-0.3, -0.25) is 15.0 Å². The van der Waals surface area contributed by atoms with Gasteiger partial charge in [-0.15, -0.1) is 11.3 Å². The second kappa shape index (κ2) is 7.58. The number of fused-ring (bicyclic) bond motifs is 1. The number of alkyl halides is 2. The number of anilines is 1. The van der Waals surface area contributed by atoms with E-state index in [1.54, 1.807) is 12.1 Å². The standard InChI is InChI=1S/C16H17F2N3OS2/c1-2-21-8-7-12-13(9-21)24-16(19-12)20-14(22)10-3-5-11(6-4-10)23-15(17)18/h3-6,15H,2,7-9H2,1H3,(H,19,20,22). The van der Waals surface area contributed by atoms with Crippen molar-refractivity contribution in [1.29, 1.82) is 0 Å². The molecule has 24 heavy (non-hydrogen) atoms.